The van der Waals surface area contributed by atoms with E-state index in [1.165, 1.54) is 0 Å². The Morgan fingerprint density at radius 3 is 2.55 bits per heavy atom. The molecule has 1 aliphatic rings. The Bertz CT molecular complexity index is 560. The van der Waals surface area contributed by atoms with E-state index in [9.17, 15) is 9.59 Å². The summed E-state index contributed by atoms with van der Waals surface area (Å²) >= 11 is 0. The van der Waals surface area contributed by atoms with Gasteiger partial charge in [-0.25, -0.2) is 4.79 Å². The van der Waals surface area contributed by atoms with Crippen LogP contribution < -0.4 is 25.8 Å². The van der Waals surface area contributed by atoms with Gasteiger partial charge in [-0.1, -0.05) is 19.9 Å². The Morgan fingerprint density at radius 2 is 1.91 bits per heavy atom. The van der Waals surface area contributed by atoms with Gasteiger partial charge in [0.1, 0.15) is 19.3 Å². The van der Waals surface area contributed by atoms with Crippen molar-refractivity contribution in [1.29, 1.82) is 0 Å². The highest BCUT2D eigenvalue weighted by Crippen LogP contribution is 2.30. The highest BCUT2D eigenvalue weighted by Gasteiger charge is 2.23. The fourth-order valence-electron chi connectivity index (χ4n) is 2.19. The van der Waals surface area contributed by atoms with Gasteiger partial charge >= 0.3 is 6.03 Å². The minimum atomic E-state index is -0.715. The maximum Gasteiger partial charge on any atom is 0.312 e. The topological polar surface area (TPSA) is 103 Å². The normalized spacial score (nSPS) is 14.3. The molecular formula is C15H21N3O4. The van der Waals surface area contributed by atoms with Gasteiger partial charge in [0.2, 0.25) is 5.91 Å². The van der Waals surface area contributed by atoms with Crippen molar-refractivity contribution in [2.24, 2.45) is 11.7 Å². The molecule has 0 bridgehead atoms. The largest absolute Gasteiger partial charge is 0.486 e. The average Bonchev–Trinajstić information content (AvgIpc) is 2.49. The quantitative estimate of drug-likeness (QED) is 0.747. The molecule has 0 aromatic heterocycles. The summed E-state index contributed by atoms with van der Waals surface area (Å²) in [5.74, 6) is 1.04. The molecule has 1 aliphatic heterocycles. The zero-order valence-electron chi connectivity index (χ0n) is 12.7. The van der Waals surface area contributed by atoms with Gasteiger partial charge in [0, 0.05) is 6.54 Å². The lowest BCUT2D eigenvalue weighted by Gasteiger charge is -2.21. The highest BCUT2D eigenvalue weighted by molar-refractivity contribution is 5.86. The predicted molar refractivity (Wildman–Crippen MR) is 80.6 cm³/mol. The molecule has 0 saturated heterocycles. The van der Waals surface area contributed by atoms with Crippen LogP contribution in [0.25, 0.3) is 0 Å². The van der Waals surface area contributed by atoms with Crippen LogP contribution in [0, 0.1) is 5.92 Å². The molecule has 1 aromatic rings. The number of carbonyl (C=O) groups is 2. The summed E-state index contributed by atoms with van der Waals surface area (Å²) in [4.78, 5) is 23.1. The molecule has 1 aromatic carbocycles. The summed E-state index contributed by atoms with van der Waals surface area (Å²) in [5.41, 5.74) is 5.98. The van der Waals surface area contributed by atoms with Crippen molar-refractivity contribution < 1.29 is 19.1 Å². The maximum atomic E-state index is 12.1. The minimum absolute atomic E-state index is 0.0623. The van der Waals surface area contributed by atoms with E-state index in [0.29, 0.717) is 31.3 Å². The highest BCUT2D eigenvalue weighted by atomic mass is 16.6. The van der Waals surface area contributed by atoms with Gasteiger partial charge in [0.25, 0.3) is 0 Å². The fraction of sp³-hybridized carbons (Fsp3) is 0.467. The lowest BCUT2D eigenvalue weighted by Crippen LogP contribution is -2.51. The number of benzene rings is 1. The number of fused-ring (bicyclic) bond motifs is 1. The first-order valence-electron chi connectivity index (χ1n) is 7.19. The van der Waals surface area contributed by atoms with Gasteiger partial charge in [0.05, 0.1) is 0 Å². The molecule has 0 spiro atoms. The summed E-state index contributed by atoms with van der Waals surface area (Å²) in [6, 6.07) is 4.14. The second-order valence-corrected chi connectivity index (χ2v) is 5.43. The Morgan fingerprint density at radius 1 is 1.23 bits per heavy atom. The Kier molecular flexibility index (Phi) is 5.08. The Hall–Kier alpha value is -2.44. The zero-order chi connectivity index (χ0) is 16.1. The van der Waals surface area contributed by atoms with Crippen LogP contribution >= 0.6 is 0 Å². The number of ether oxygens (including phenoxy) is 2. The van der Waals surface area contributed by atoms with Crippen LogP contribution in [0.15, 0.2) is 18.2 Å². The molecule has 7 nitrogen and oxygen atoms in total. The lowest BCUT2D eigenvalue weighted by atomic mass is 10.0. The maximum absolute atomic E-state index is 12.1. The van der Waals surface area contributed by atoms with Crippen molar-refractivity contribution in [3.63, 3.8) is 0 Å². The summed E-state index contributed by atoms with van der Waals surface area (Å²) in [6.07, 6.45) is 0. The number of hydrogen-bond donors (Lipinski definition) is 3. The van der Waals surface area contributed by atoms with Crippen molar-refractivity contribution in [2.45, 2.75) is 26.4 Å². The number of urea groups is 1. The summed E-state index contributed by atoms with van der Waals surface area (Å²) in [5, 5.41) is 5.23. The minimum Gasteiger partial charge on any atom is -0.486 e. The molecular weight excluding hydrogens is 286 g/mol. The third kappa shape index (κ3) is 4.03. The number of nitrogens with two attached hydrogens (primary N) is 1. The molecule has 0 radical (unpaired) electrons. The first kappa shape index (κ1) is 15.9. The van der Waals surface area contributed by atoms with Crippen molar-refractivity contribution >= 4 is 11.9 Å². The second kappa shape index (κ2) is 7.02. The van der Waals surface area contributed by atoms with E-state index in [-0.39, 0.29) is 11.8 Å². The molecule has 0 unspecified atom stereocenters. The van der Waals surface area contributed by atoms with Crippen LogP contribution in [-0.2, 0) is 11.3 Å². The van der Waals surface area contributed by atoms with Crippen LogP contribution in [0.2, 0.25) is 0 Å². The number of rotatable bonds is 5. The van der Waals surface area contributed by atoms with Crippen LogP contribution in [0.1, 0.15) is 19.4 Å². The van der Waals surface area contributed by atoms with Gasteiger partial charge in [0.15, 0.2) is 11.5 Å². The van der Waals surface area contributed by atoms with Gasteiger partial charge in [-0.15, -0.1) is 0 Å². The third-order valence-corrected chi connectivity index (χ3v) is 3.32. The molecule has 0 saturated carbocycles. The van der Waals surface area contributed by atoms with Crippen LogP contribution in [0.4, 0.5) is 4.79 Å². The van der Waals surface area contributed by atoms with Crippen LogP contribution in [0.5, 0.6) is 11.5 Å². The van der Waals surface area contributed by atoms with Crippen LogP contribution in [0.3, 0.4) is 0 Å². The van der Waals surface area contributed by atoms with Gasteiger partial charge in [-0.3, -0.25) is 4.79 Å². The Balaban J connectivity index is 1.96. The average molecular weight is 307 g/mol. The van der Waals surface area contributed by atoms with E-state index < -0.39 is 12.1 Å². The van der Waals surface area contributed by atoms with E-state index in [2.05, 4.69) is 10.6 Å². The first-order valence-corrected chi connectivity index (χ1v) is 7.19. The van der Waals surface area contributed by atoms with Crippen molar-refractivity contribution in [3.05, 3.63) is 23.8 Å². The van der Waals surface area contributed by atoms with Gasteiger partial charge in [-0.2, -0.15) is 0 Å². The van der Waals surface area contributed by atoms with Crippen molar-refractivity contribution in [2.75, 3.05) is 13.2 Å². The summed E-state index contributed by atoms with van der Waals surface area (Å²) < 4.78 is 10.9. The number of carbonyl (C=O) groups excluding carboxylic acids is 2. The van der Waals surface area contributed by atoms with Crippen LogP contribution in [-0.4, -0.2) is 31.2 Å². The van der Waals surface area contributed by atoms with E-state index >= 15 is 0 Å². The summed E-state index contributed by atoms with van der Waals surface area (Å²) in [7, 11) is 0. The van der Waals surface area contributed by atoms with Gasteiger partial charge in [-0.05, 0) is 23.6 Å². The lowest BCUT2D eigenvalue weighted by molar-refractivity contribution is -0.124. The molecule has 4 N–H and O–H groups in total. The molecule has 3 amide bonds. The molecule has 0 fully saturated rings. The SMILES string of the molecule is CC(C)[C@@H](NC(N)=O)C(=O)NCc1ccc2c(c1)OCCO2. The van der Waals surface area contributed by atoms with E-state index in [0.717, 1.165) is 5.56 Å². The van der Waals surface area contributed by atoms with E-state index in [4.69, 9.17) is 15.2 Å². The summed E-state index contributed by atoms with van der Waals surface area (Å²) in [6.45, 7) is 5.06. The third-order valence-electron chi connectivity index (χ3n) is 3.32. The number of hydrogen-bond acceptors (Lipinski definition) is 4. The van der Waals surface area contributed by atoms with E-state index in [1.54, 1.807) is 0 Å². The fourth-order valence-corrected chi connectivity index (χ4v) is 2.19. The predicted octanol–water partition coefficient (Wildman–Crippen LogP) is 0.767. The second-order valence-electron chi connectivity index (χ2n) is 5.43. The molecule has 22 heavy (non-hydrogen) atoms. The van der Waals surface area contributed by atoms with Crippen molar-refractivity contribution in [1.82, 2.24) is 10.6 Å². The van der Waals surface area contributed by atoms with Gasteiger partial charge < -0.3 is 25.8 Å². The number of nitrogens with one attached hydrogen (secondary N) is 2. The smallest absolute Gasteiger partial charge is 0.312 e. The first-order chi connectivity index (χ1) is 10.5. The number of primary amides is 1. The molecule has 1 heterocycles. The molecule has 2 rings (SSSR count). The number of amides is 3. The standard InChI is InChI=1S/C15H21N3O4/c1-9(2)13(18-15(16)20)14(19)17-8-10-3-4-11-12(7-10)22-6-5-21-11/h3-4,7,9,13H,5-6,8H2,1-2H3,(H,17,19)(H3,16,18,20)/t13-/m1/s1. The van der Waals surface area contributed by atoms with E-state index in [1.807, 2.05) is 32.0 Å². The molecule has 7 heteroatoms. The Labute approximate surface area is 129 Å². The van der Waals surface area contributed by atoms with Crippen molar-refractivity contribution in [3.8, 4) is 11.5 Å². The molecule has 120 valence electrons. The zero-order valence-corrected chi connectivity index (χ0v) is 12.7. The molecule has 0 aliphatic carbocycles. The monoisotopic (exact) mass is 307 g/mol. The molecule has 1 atom stereocenters.